The first kappa shape index (κ1) is 10.9. The largest absolute Gasteiger partial charge is 0.487 e. The normalized spacial score (nSPS) is 12.2. The SMILES string of the molecule is Cc1[nH]nc(C(F)(F)F)c1OC(C)C. The molecule has 0 spiro atoms. The Morgan fingerprint density at radius 2 is 1.93 bits per heavy atom. The number of alkyl halides is 3. The molecule has 0 saturated carbocycles. The van der Waals surface area contributed by atoms with Crippen molar-refractivity contribution in [3.8, 4) is 5.75 Å². The van der Waals surface area contributed by atoms with Crippen LogP contribution in [0.3, 0.4) is 0 Å². The van der Waals surface area contributed by atoms with Crippen LogP contribution in [-0.2, 0) is 6.18 Å². The summed E-state index contributed by atoms with van der Waals surface area (Å²) in [6, 6.07) is 0. The summed E-state index contributed by atoms with van der Waals surface area (Å²) < 4.78 is 42.1. The van der Waals surface area contributed by atoms with E-state index in [0.717, 1.165) is 0 Å². The molecule has 1 rings (SSSR count). The van der Waals surface area contributed by atoms with Gasteiger partial charge in [0.05, 0.1) is 11.8 Å². The minimum absolute atomic E-state index is 0.215. The smallest absolute Gasteiger partial charge is 0.438 e. The van der Waals surface area contributed by atoms with E-state index in [1.807, 2.05) is 0 Å². The Hall–Kier alpha value is -1.20. The Morgan fingerprint density at radius 3 is 2.36 bits per heavy atom. The molecule has 1 N–H and O–H groups in total. The van der Waals surface area contributed by atoms with Crippen LogP contribution in [0.2, 0.25) is 0 Å². The van der Waals surface area contributed by atoms with E-state index in [1.54, 1.807) is 13.8 Å². The number of hydrogen-bond donors (Lipinski definition) is 1. The van der Waals surface area contributed by atoms with Gasteiger partial charge in [0.25, 0.3) is 0 Å². The number of hydrogen-bond acceptors (Lipinski definition) is 2. The van der Waals surface area contributed by atoms with Crippen molar-refractivity contribution in [3.63, 3.8) is 0 Å². The molecule has 0 atom stereocenters. The maximum Gasteiger partial charge on any atom is 0.438 e. The lowest BCUT2D eigenvalue weighted by Crippen LogP contribution is -2.12. The number of aromatic amines is 1. The molecule has 0 fully saturated rings. The zero-order valence-corrected chi connectivity index (χ0v) is 8.07. The number of nitrogens with one attached hydrogen (secondary N) is 1. The lowest BCUT2D eigenvalue weighted by Gasteiger charge is -2.11. The molecule has 0 aromatic carbocycles. The predicted molar refractivity (Wildman–Crippen MR) is 44.1 cm³/mol. The Balaban J connectivity index is 3.06. The van der Waals surface area contributed by atoms with Crippen molar-refractivity contribution < 1.29 is 17.9 Å². The number of ether oxygens (including phenoxy) is 1. The van der Waals surface area contributed by atoms with Crippen LogP contribution in [0, 0.1) is 6.92 Å². The number of aryl methyl sites for hydroxylation is 1. The molecule has 1 heterocycles. The Kier molecular flexibility index (Phi) is 2.73. The highest BCUT2D eigenvalue weighted by molar-refractivity contribution is 5.33. The third-order valence-electron chi connectivity index (χ3n) is 1.51. The number of rotatable bonds is 2. The van der Waals surface area contributed by atoms with Gasteiger partial charge in [-0.2, -0.15) is 18.3 Å². The van der Waals surface area contributed by atoms with Crippen molar-refractivity contribution in [2.45, 2.75) is 33.1 Å². The summed E-state index contributed by atoms with van der Waals surface area (Å²) in [6.45, 7) is 4.80. The van der Waals surface area contributed by atoms with Gasteiger partial charge in [0, 0.05) is 0 Å². The average molecular weight is 208 g/mol. The van der Waals surface area contributed by atoms with Gasteiger partial charge in [-0.3, -0.25) is 5.10 Å². The zero-order valence-electron chi connectivity index (χ0n) is 8.07. The van der Waals surface area contributed by atoms with Gasteiger partial charge in [-0.25, -0.2) is 0 Å². The van der Waals surface area contributed by atoms with Gasteiger partial charge < -0.3 is 4.74 Å². The molecule has 14 heavy (non-hydrogen) atoms. The molecule has 0 aliphatic carbocycles. The molecular formula is C8H11F3N2O. The van der Waals surface area contributed by atoms with Gasteiger partial charge >= 0.3 is 6.18 Å². The Morgan fingerprint density at radius 1 is 1.36 bits per heavy atom. The summed E-state index contributed by atoms with van der Waals surface area (Å²) in [4.78, 5) is 0. The fourth-order valence-corrected chi connectivity index (χ4v) is 0.991. The lowest BCUT2D eigenvalue weighted by atomic mass is 10.3. The van der Waals surface area contributed by atoms with Gasteiger partial charge in [-0.05, 0) is 20.8 Å². The van der Waals surface area contributed by atoms with Crippen LogP contribution in [0.5, 0.6) is 5.75 Å². The van der Waals surface area contributed by atoms with Crippen molar-refractivity contribution in [1.82, 2.24) is 10.2 Å². The van der Waals surface area contributed by atoms with Crippen LogP contribution >= 0.6 is 0 Å². The van der Waals surface area contributed by atoms with Crippen LogP contribution in [-0.4, -0.2) is 16.3 Å². The molecule has 0 bridgehead atoms. The summed E-state index contributed by atoms with van der Waals surface area (Å²) in [5, 5.41) is 5.42. The molecule has 1 aromatic rings. The van der Waals surface area contributed by atoms with Crippen LogP contribution in [0.4, 0.5) is 13.2 Å². The maximum absolute atomic E-state index is 12.3. The molecule has 1 aromatic heterocycles. The third-order valence-corrected chi connectivity index (χ3v) is 1.51. The first-order valence-corrected chi connectivity index (χ1v) is 4.11. The Bertz CT molecular complexity index is 317. The van der Waals surface area contributed by atoms with E-state index in [-0.39, 0.29) is 17.5 Å². The molecule has 0 radical (unpaired) electrons. The molecule has 6 heteroatoms. The molecule has 0 aliphatic rings. The van der Waals surface area contributed by atoms with Crippen molar-refractivity contribution >= 4 is 0 Å². The lowest BCUT2D eigenvalue weighted by molar-refractivity contribution is -0.142. The van der Waals surface area contributed by atoms with E-state index in [4.69, 9.17) is 4.74 Å². The summed E-state index contributed by atoms with van der Waals surface area (Å²) in [5.41, 5.74) is -0.713. The monoisotopic (exact) mass is 208 g/mol. The van der Waals surface area contributed by atoms with Crippen LogP contribution in [0.1, 0.15) is 25.2 Å². The second kappa shape index (κ2) is 3.51. The number of nitrogens with zero attached hydrogens (tertiary/aromatic N) is 1. The van der Waals surface area contributed by atoms with Gasteiger partial charge in [-0.1, -0.05) is 0 Å². The van der Waals surface area contributed by atoms with E-state index >= 15 is 0 Å². The fraction of sp³-hybridized carbons (Fsp3) is 0.625. The summed E-state index contributed by atoms with van der Waals surface area (Å²) >= 11 is 0. The topological polar surface area (TPSA) is 37.9 Å². The average Bonchev–Trinajstić information content (AvgIpc) is 2.30. The minimum atomic E-state index is -4.48. The Labute approximate surface area is 79.3 Å². The highest BCUT2D eigenvalue weighted by atomic mass is 19.4. The summed E-state index contributed by atoms with van der Waals surface area (Å²) in [5.74, 6) is -0.215. The van der Waals surface area contributed by atoms with E-state index in [9.17, 15) is 13.2 Å². The van der Waals surface area contributed by atoms with Crippen LogP contribution in [0.25, 0.3) is 0 Å². The van der Waals surface area contributed by atoms with E-state index in [2.05, 4.69) is 10.2 Å². The maximum atomic E-state index is 12.3. The van der Waals surface area contributed by atoms with Gasteiger partial charge in [-0.15, -0.1) is 0 Å². The quantitative estimate of drug-likeness (QED) is 0.810. The fourth-order valence-electron chi connectivity index (χ4n) is 0.991. The zero-order chi connectivity index (χ0) is 10.9. The second-order valence-electron chi connectivity index (χ2n) is 3.19. The van der Waals surface area contributed by atoms with E-state index in [0.29, 0.717) is 0 Å². The highest BCUT2D eigenvalue weighted by Crippen LogP contribution is 2.36. The van der Waals surface area contributed by atoms with Gasteiger partial charge in [0.2, 0.25) is 5.69 Å². The third kappa shape index (κ3) is 2.18. The first-order valence-electron chi connectivity index (χ1n) is 4.11. The highest BCUT2D eigenvalue weighted by Gasteiger charge is 2.38. The number of aromatic nitrogens is 2. The second-order valence-corrected chi connectivity index (χ2v) is 3.19. The predicted octanol–water partition coefficient (Wildman–Crippen LogP) is 2.52. The first-order chi connectivity index (χ1) is 6.32. The van der Waals surface area contributed by atoms with Crippen molar-refractivity contribution in [2.75, 3.05) is 0 Å². The molecule has 3 nitrogen and oxygen atoms in total. The van der Waals surface area contributed by atoms with Crippen LogP contribution in [0.15, 0.2) is 0 Å². The van der Waals surface area contributed by atoms with E-state index < -0.39 is 11.9 Å². The van der Waals surface area contributed by atoms with Crippen LogP contribution < -0.4 is 4.74 Å². The molecule has 0 unspecified atom stereocenters. The molecule has 0 amide bonds. The van der Waals surface area contributed by atoms with Crippen molar-refractivity contribution in [3.05, 3.63) is 11.4 Å². The van der Waals surface area contributed by atoms with Crippen molar-refractivity contribution in [1.29, 1.82) is 0 Å². The molecule has 0 aliphatic heterocycles. The van der Waals surface area contributed by atoms with Gasteiger partial charge in [0.1, 0.15) is 0 Å². The number of halogens is 3. The molecular weight excluding hydrogens is 197 g/mol. The van der Waals surface area contributed by atoms with Crippen molar-refractivity contribution in [2.24, 2.45) is 0 Å². The molecule has 0 saturated heterocycles. The standard InChI is InChI=1S/C8H11F3N2O/c1-4(2)14-6-5(3)12-13-7(6)8(9,10)11/h4H,1-3H3,(H,12,13). The molecule has 80 valence electrons. The van der Waals surface area contributed by atoms with Gasteiger partial charge in [0.15, 0.2) is 5.75 Å². The number of H-pyrrole nitrogens is 1. The van der Waals surface area contributed by atoms with E-state index in [1.165, 1.54) is 6.92 Å². The minimum Gasteiger partial charge on any atom is -0.487 e. The summed E-state index contributed by atoms with van der Waals surface area (Å²) in [6.07, 6.45) is -4.79. The summed E-state index contributed by atoms with van der Waals surface area (Å²) in [7, 11) is 0.